The second-order valence-electron chi connectivity index (χ2n) is 4.04. The molecule has 20 heavy (non-hydrogen) atoms. The quantitative estimate of drug-likeness (QED) is 0.664. The van der Waals surface area contributed by atoms with Gasteiger partial charge in [0.1, 0.15) is 17.2 Å². The molecule has 5 heteroatoms. The van der Waals surface area contributed by atoms with Crippen molar-refractivity contribution >= 4 is 17.9 Å². The minimum absolute atomic E-state index is 0.0242. The Bertz CT molecular complexity index is 647. The molecule has 0 fully saturated rings. The maximum atomic E-state index is 11.3. The summed E-state index contributed by atoms with van der Waals surface area (Å²) in [5.41, 5.74) is 1.57. The lowest BCUT2D eigenvalue weighted by Gasteiger charge is -2.00. The normalized spacial score (nSPS) is 10.7. The summed E-state index contributed by atoms with van der Waals surface area (Å²) in [5, 5.41) is 18.8. The van der Waals surface area contributed by atoms with Crippen LogP contribution in [0.2, 0.25) is 0 Å². The van der Waals surface area contributed by atoms with E-state index >= 15 is 0 Å². The fourth-order valence-electron chi connectivity index (χ4n) is 1.59. The van der Waals surface area contributed by atoms with E-state index in [-0.39, 0.29) is 11.5 Å². The third kappa shape index (κ3) is 3.14. The molecule has 0 saturated heterocycles. The van der Waals surface area contributed by atoms with E-state index in [2.05, 4.69) is 9.73 Å². The Morgan fingerprint density at radius 1 is 1.15 bits per heavy atom. The van der Waals surface area contributed by atoms with Gasteiger partial charge in [-0.1, -0.05) is 12.1 Å². The van der Waals surface area contributed by atoms with Gasteiger partial charge in [-0.3, -0.25) is 4.99 Å². The number of carbonyl (C=O) groups excluding carboxylic acids is 1. The van der Waals surface area contributed by atoms with E-state index in [1.165, 1.54) is 25.3 Å². The van der Waals surface area contributed by atoms with Crippen LogP contribution < -0.4 is 0 Å². The van der Waals surface area contributed by atoms with Crippen LogP contribution in [-0.4, -0.2) is 29.5 Å². The second-order valence-corrected chi connectivity index (χ2v) is 4.04. The first-order chi connectivity index (χ1) is 9.60. The van der Waals surface area contributed by atoms with Crippen LogP contribution in [0.1, 0.15) is 15.9 Å². The molecular formula is C15H13NO4. The molecule has 0 saturated carbocycles. The number of methoxy groups -OCH3 is 1. The van der Waals surface area contributed by atoms with Gasteiger partial charge in [0.15, 0.2) is 0 Å². The Morgan fingerprint density at radius 3 is 2.45 bits per heavy atom. The van der Waals surface area contributed by atoms with E-state index in [9.17, 15) is 15.0 Å². The first-order valence-electron chi connectivity index (χ1n) is 5.84. The van der Waals surface area contributed by atoms with Crippen LogP contribution in [0.15, 0.2) is 47.5 Å². The van der Waals surface area contributed by atoms with E-state index in [4.69, 9.17) is 0 Å². The van der Waals surface area contributed by atoms with Crippen molar-refractivity contribution in [3.8, 4) is 11.5 Å². The number of ether oxygens (including phenoxy) is 1. The highest BCUT2D eigenvalue weighted by Crippen LogP contribution is 2.29. The summed E-state index contributed by atoms with van der Waals surface area (Å²) < 4.78 is 4.60. The first kappa shape index (κ1) is 13.6. The van der Waals surface area contributed by atoms with Crippen LogP contribution in [0.3, 0.4) is 0 Å². The predicted molar refractivity (Wildman–Crippen MR) is 74.8 cm³/mol. The van der Waals surface area contributed by atoms with E-state index in [0.717, 1.165) is 5.56 Å². The molecule has 0 aliphatic rings. The molecule has 2 N–H and O–H groups in total. The largest absolute Gasteiger partial charge is 0.508 e. The summed E-state index contributed by atoms with van der Waals surface area (Å²) in [4.78, 5) is 15.4. The van der Waals surface area contributed by atoms with E-state index < -0.39 is 5.97 Å². The number of carbonyl (C=O) groups is 1. The highest BCUT2D eigenvalue weighted by molar-refractivity contribution is 5.91. The lowest BCUT2D eigenvalue weighted by atomic mass is 10.1. The van der Waals surface area contributed by atoms with Gasteiger partial charge >= 0.3 is 5.97 Å². The topological polar surface area (TPSA) is 79.1 Å². The van der Waals surface area contributed by atoms with E-state index in [0.29, 0.717) is 11.3 Å². The zero-order chi connectivity index (χ0) is 14.5. The van der Waals surface area contributed by atoms with E-state index in [1.807, 2.05) is 0 Å². The smallest absolute Gasteiger partial charge is 0.337 e. The van der Waals surface area contributed by atoms with Crippen molar-refractivity contribution in [1.82, 2.24) is 0 Å². The number of hydrogen-bond donors (Lipinski definition) is 2. The Labute approximate surface area is 115 Å². The molecule has 0 heterocycles. The second kappa shape index (κ2) is 5.88. The van der Waals surface area contributed by atoms with Crippen LogP contribution >= 0.6 is 0 Å². The fraction of sp³-hybridized carbons (Fsp3) is 0.0667. The van der Waals surface area contributed by atoms with Crippen LogP contribution in [0, 0.1) is 0 Å². The molecule has 0 atom stereocenters. The minimum atomic E-state index is -0.398. The number of aliphatic imine (C=N–C) groups is 1. The van der Waals surface area contributed by atoms with E-state index in [1.54, 1.807) is 30.5 Å². The standard InChI is InChI=1S/C15H13NO4/c1-20-15(19)11-4-2-10(3-5-11)9-16-13-7-6-12(17)8-14(13)18/h2-9,17-18H,1H3. The number of esters is 1. The third-order valence-corrected chi connectivity index (χ3v) is 2.64. The van der Waals surface area contributed by atoms with Crippen LogP contribution in [-0.2, 0) is 4.74 Å². The first-order valence-corrected chi connectivity index (χ1v) is 5.84. The molecule has 2 aromatic rings. The fourth-order valence-corrected chi connectivity index (χ4v) is 1.59. The number of benzene rings is 2. The van der Waals surface area contributed by atoms with Crippen LogP contribution in [0.4, 0.5) is 5.69 Å². The molecule has 0 spiro atoms. The Balaban J connectivity index is 2.17. The number of nitrogens with zero attached hydrogens (tertiary/aromatic N) is 1. The zero-order valence-corrected chi connectivity index (χ0v) is 10.8. The number of phenols is 2. The molecule has 2 aromatic carbocycles. The van der Waals surface area contributed by atoms with Gasteiger partial charge in [0.25, 0.3) is 0 Å². The molecular weight excluding hydrogens is 258 g/mol. The van der Waals surface area contributed by atoms with Gasteiger partial charge in [0, 0.05) is 12.3 Å². The van der Waals surface area contributed by atoms with Crippen LogP contribution in [0.25, 0.3) is 0 Å². The monoisotopic (exact) mass is 271 g/mol. The van der Waals surface area contributed by atoms with Crippen molar-refractivity contribution in [2.24, 2.45) is 4.99 Å². The number of hydrogen-bond acceptors (Lipinski definition) is 5. The van der Waals surface area contributed by atoms with Gasteiger partial charge in [0.05, 0.1) is 12.7 Å². The van der Waals surface area contributed by atoms with Gasteiger partial charge in [-0.05, 0) is 29.8 Å². The molecule has 0 amide bonds. The van der Waals surface area contributed by atoms with Crippen molar-refractivity contribution in [3.63, 3.8) is 0 Å². The average molecular weight is 271 g/mol. The van der Waals surface area contributed by atoms with Crippen molar-refractivity contribution in [1.29, 1.82) is 0 Å². The summed E-state index contributed by atoms with van der Waals surface area (Å²) in [6.07, 6.45) is 1.55. The summed E-state index contributed by atoms with van der Waals surface area (Å²) in [7, 11) is 1.32. The van der Waals surface area contributed by atoms with Crippen LogP contribution in [0.5, 0.6) is 11.5 Å². The molecule has 0 radical (unpaired) electrons. The molecule has 0 bridgehead atoms. The lowest BCUT2D eigenvalue weighted by molar-refractivity contribution is 0.0600. The summed E-state index contributed by atoms with van der Waals surface area (Å²) in [6.45, 7) is 0. The summed E-state index contributed by atoms with van der Waals surface area (Å²) in [5.74, 6) is -0.527. The van der Waals surface area contributed by atoms with Gasteiger partial charge < -0.3 is 14.9 Å². The Hall–Kier alpha value is -2.82. The van der Waals surface area contributed by atoms with Gasteiger partial charge in [0.2, 0.25) is 0 Å². The van der Waals surface area contributed by atoms with Crippen molar-refractivity contribution < 1.29 is 19.7 Å². The Morgan fingerprint density at radius 2 is 1.85 bits per heavy atom. The van der Waals surface area contributed by atoms with Gasteiger partial charge in [-0.25, -0.2) is 4.79 Å². The number of phenolic OH excluding ortho intramolecular Hbond substituents is 2. The number of aromatic hydroxyl groups is 2. The lowest BCUT2D eigenvalue weighted by Crippen LogP contribution is -2.00. The number of rotatable bonds is 3. The minimum Gasteiger partial charge on any atom is -0.508 e. The average Bonchev–Trinajstić information content (AvgIpc) is 2.46. The molecule has 0 aliphatic heterocycles. The molecule has 0 unspecified atom stereocenters. The third-order valence-electron chi connectivity index (χ3n) is 2.64. The Kier molecular flexibility index (Phi) is 4.00. The van der Waals surface area contributed by atoms with Crippen molar-refractivity contribution in [2.75, 3.05) is 7.11 Å². The highest BCUT2D eigenvalue weighted by Gasteiger charge is 2.03. The SMILES string of the molecule is COC(=O)c1ccc(C=Nc2ccc(O)cc2O)cc1. The highest BCUT2D eigenvalue weighted by atomic mass is 16.5. The molecule has 0 aromatic heterocycles. The summed E-state index contributed by atoms with van der Waals surface area (Å²) >= 11 is 0. The van der Waals surface area contributed by atoms with Gasteiger partial charge in [-0.2, -0.15) is 0 Å². The maximum Gasteiger partial charge on any atom is 0.337 e. The molecule has 102 valence electrons. The van der Waals surface area contributed by atoms with Gasteiger partial charge in [-0.15, -0.1) is 0 Å². The zero-order valence-electron chi connectivity index (χ0n) is 10.8. The van der Waals surface area contributed by atoms with Crippen molar-refractivity contribution in [3.05, 3.63) is 53.6 Å². The molecule has 0 aliphatic carbocycles. The maximum absolute atomic E-state index is 11.3. The predicted octanol–water partition coefficient (Wildman–Crippen LogP) is 2.64. The van der Waals surface area contributed by atoms with Crippen molar-refractivity contribution in [2.45, 2.75) is 0 Å². The molecule has 5 nitrogen and oxygen atoms in total. The molecule has 2 rings (SSSR count). The summed E-state index contributed by atoms with van der Waals surface area (Å²) in [6, 6.07) is 10.8.